The van der Waals surface area contributed by atoms with Gasteiger partial charge in [0.1, 0.15) is 12.2 Å². The van der Waals surface area contributed by atoms with Gasteiger partial charge >= 0.3 is 0 Å². The van der Waals surface area contributed by atoms with E-state index in [-0.39, 0.29) is 11.0 Å². The molecule has 1 N–H and O–H groups in total. The highest BCUT2D eigenvalue weighted by atomic mass is 16.1. The molecule has 1 spiro atoms. The number of fused-ring (bicyclic) bond motifs is 3. The van der Waals surface area contributed by atoms with E-state index in [0.29, 0.717) is 5.92 Å². The van der Waals surface area contributed by atoms with Crippen LogP contribution < -0.4 is 10.5 Å². The lowest BCUT2D eigenvalue weighted by molar-refractivity contribution is 0.334. The number of hydrogen-bond donors (Lipinski definition) is 1. The third-order valence-electron chi connectivity index (χ3n) is 6.93. The molecule has 1 aliphatic heterocycles. The summed E-state index contributed by atoms with van der Waals surface area (Å²) in [6, 6.07) is 2.15. The van der Waals surface area contributed by atoms with Gasteiger partial charge in [-0.25, -0.2) is 4.98 Å². The van der Waals surface area contributed by atoms with Crippen LogP contribution in [0.2, 0.25) is 0 Å². The maximum Gasteiger partial charge on any atom is 0.254 e. The predicted molar refractivity (Wildman–Crippen MR) is 108 cm³/mol. The molecule has 1 atom stereocenters. The van der Waals surface area contributed by atoms with Gasteiger partial charge in [-0.15, -0.1) is 10.2 Å². The van der Waals surface area contributed by atoms with Crippen molar-refractivity contribution in [2.45, 2.75) is 63.2 Å². The second-order valence-electron chi connectivity index (χ2n) is 8.83. The van der Waals surface area contributed by atoms with Crippen LogP contribution in [-0.2, 0) is 18.3 Å². The first-order valence-electron chi connectivity index (χ1n) is 10.8. The van der Waals surface area contributed by atoms with E-state index in [4.69, 9.17) is 4.98 Å². The molecule has 8 heteroatoms. The van der Waals surface area contributed by atoms with E-state index in [2.05, 4.69) is 38.2 Å². The fourth-order valence-electron chi connectivity index (χ4n) is 5.22. The summed E-state index contributed by atoms with van der Waals surface area (Å²) < 4.78 is 1.78. The second-order valence-corrected chi connectivity index (χ2v) is 8.83. The number of H-pyrrole nitrogens is 1. The summed E-state index contributed by atoms with van der Waals surface area (Å²) >= 11 is 0. The zero-order valence-electron chi connectivity index (χ0n) is 16.7. The summed E-state index contributed by atoms with van der Waals surface area (Å²) in [5, 5.41) is 13.0. The van der Waals surface area contributed by atoms with Crippen LogP contribution in [-0.4, -0.2) is 42.9 Å². The number of anilines is 1. The van der Waals surface area contributed by atoms with Crippen LogP contribution >= 0.6 is 0 Å². The van der Waals surface area contributed by atoms with Crippen molar-refractivity contribution in [1.82, 2.24) is 29.8 Å². The van der Waals surface area contributed by atoms with E-state index < -0.39 is 0 Å². The standard InChI is InChI=1S/C21H25N7O/c1-2-14-10-16(19-25-22-12-28(19)26-14)27-9-3-7-21(11-27)8-6-15-17(21)23-18(13-4-5-13)24-20(15)29/h10,12-13H,2-9,11H2,1H3,(H,23,24,29). The van der Waals surface area contributed by atoms with Crippen molar-refractivity contribution < 1.29 is 0 Å². The van der Waals surface area contributed by atoms with Gasteiger partial charge in [-0.05, 0) is 51.0 Å². The van der Waals surface area contributed by atoms with Gasteiger partial charge in [-0.3, -0.25) is 4.79 Å². The lowest BCUT2D eigenvalue weighted by Crippen LogP contribution is -2.46. The lowest BCUT2D eigenvalue weighted by atomic mass is 9.77. The Kier molecular flexibility index (Phi) is 3.61. The molecule has 3 aromatic rings. The molecule has 1 unspecified atom stereocenters. The predicted octanol–water partition coefficient (Wildman–Crippen LogP) is 2.13. The first-order chi connectivity index (χ1) is 14.2. The summed E-state index contributed by atoms with van der Waals surface area (Å²) in [6.07, 6.45) is 8.81. The molecule has 0 aromatic carbocycles. The monoisotopic (exact) mass is 391 g/mol. The largest absolute Gasteiger partial charge is 0.367 e. The average molecular weight is 391 g/mol. The molecule has 2 aliphatic carbocycles. The van der Waals surface area contributed by atoms with E-state index in [0.717, 1.165) is 92.1 Å². The van der Waals surface area contributed by atoms with Crippen molar-refractivity contribution in [1.29, 1.82) is 0 Å². The van der Waals surface area contributed by atoms with Crippen LogP contribution in [0.25, 0.3) is 5.65 Å². The molecule has 0 radical (unpaired) electrons. The summed E-state index contributed by atoms with van der Waals surface area (Å²) in [4.78, 5) is 23.2. The molecule has 1 saturated carbocycles. The Morgan fingerprint density at radius 2 is 2.21 bits per heavy atom. The number of aromatic amines is 1. The van der Waals surface area contributed by atoms with Crippen molar-refractivity contribution in [3.8, 4) is 0 Å². The molecule has 4 heterocycles. The molecule has 1 saturated heterocycles. The highest BCUT2D eigenvalue weighted by molar-refractivity contribution is 5.69. The van der Waals surface area contributed by atoms with Gasteiger partial charge in [0.15, 0.2) is 0 Å². The lowest BCUT2D eigenvalue weighted by Gasteiger charge is -2.41. The Balaban J connectivity index is 1.43. The first kappa shape index (κ1) is 17.1. The van der Waals surface area contributed by atoms with Gasteiger partial charge in [0.05, 0.1) is 17.1 Å². The van der Waals surface area contributed by atoms with Crippen LogP contribution in [0.3, 0.4) is 0 Å². The van der Waals surface area contributed by atoms with Crippen LogP contribution in [0.5, 0.6) is 0 Å². The number of piperidine rings is 1. The van der Waals surface area contributed by atoms with Gasteiger partial charge in [-0.2, -0.15) is 9.61 Å². The summed E-state index contributed by atoms with van der Waals surface area (Å²) in [5.41, 5.74) is 4.94. The quantitative estimate of drug-likeness (QED) is 0.735. The molecule has 3 aliphatic rings. The second kappa shape index (κ2) is 6.11. The Morgan fingerprint density at radius 3 is 3.03 bits per heavy atom. The number of hydrogen-bond acceptors (Lipinski definition) is 6. The number of aryl methyl sites for hydroxylation is 1. The Bertz CT molecular complexity index is 1160. The topological polar surface area (TPSA) is 92.1 Å². The highest BCUT2D eigenvalue weighted by Crippen LogP contribution is 2.46. The first-order valence-corrected chi connectivity index (χ1v) is 10.8. The van der Waals surface area contributed by atoms with Crippen LogP contribution in [0.4, 0.5) is 5.69 Å². The fraction of sp³-hybridized carbons (Fsp3) is 0.571. The minimum atomic E-state index is -0.0435. The molecule has 6 rings (SSSR count). The summed E-state index contributed by atoms with van der Waals surface area (Å²) in [6.45, 7) is 3.96. The van der Waals surface area contributed by atoms with Crippen molar-refractivity contribution in [3.63, 3.8) is 0 Å². The Labute approximate surface area is 168 Å². The summed E-state index contributed by atoms with van der Waals surface area (Å²) in [5.74, 6) is 1.36. The van der Waals surface area contributed by atoms with Gasteiger partial charge in [0.2, 0.25) is 5.65 Å². The van der Waals surface area contributed by atoms with E-state index in [1.54, 1.807) is 10.8 Å². The molecule has 0 bridgehead atoms. The Morgan fingerprint density at radius 1 is 1.31 bits per heavy atom. The van der Waals surface area contributed by atoms with Crippen molar-refractivity contribution in [2.75, 3.05) is 18.0 Å². The SMILES string of the molecule is CCc1cc(N2CCCC3(CCc4c3nc(C3CC3)[nH]c4=O)C2)c2nncn2n1. The maximum atomic E-state index is 12.7. The van der Waals surface area contributed by atoms with Gasteiger partial charge in [0, 0.05) is 30.0 Å². The minimum Gasteiger partial charge on any atom is -0.367 e. The van der Waals surface area contributed by atoms with E-state index in [1.165, 1.54) is 0 Å². The van der Waals surface area contributed by atoms with E-state index in [1.807, 2.05) is 0 Å². The smallest absolute Gasteiger partial charge is 0.254 e. The number of rotatable bonds is 3. The minimum absolute atomic E-state index is 0.0435. The molecule has 8 nitrogen and oxygen atoms in total. The van der Waals surface area contributed by atoms with Crippen LogP contribution in [0, 0.1) is 0 Å². The Hall–Kier alpha value is -2.77. The molecule has 29 heavy (non-hydrogen) atoms. The summed E-state index contributed by atoms with van der Waals surface area (Å²) in [7, 11) is 0. The normalized spacial score (nSPS) is 23.8. The zero-order valence-corrected chi connectivity index (χ0v) is 16.7. The van der Waals surface area contributed by atoms with Gasteiger partial charge < -0.3 is 9.88 Å². The van der Waals surface area contributed by atoms with E-state index in [9.17, 15) is 4.79 Å². The third-order valence-corrected chi connectivity index (χ3v) is 6.93. The van der Waals surface area contributed by atoms with Crippen molar-refractivity contribution >= 4 is 11.3 Å². The third kappa shape index (κ3) is 2.61. The fourth-order valence-corrected chi connectivity index (χ4v) is 5.22. The van der Waals surface area contributed by atoms with Crippen molar-refractivity contribution in [2.24, 2.45) is 0 Å². The van der Waals surface area contributed by atoms with E-state index >= 15 is 0 Å². The zero-order chi connectivity index (χ0) is 19.6. The molecular weight excluding hydrogens is 366 g/mol. The molecule has 150 valence electrons. The van der Waals surface area contributed by atoms with Gasteiger partial charge in [-0.1, -0.05) is 6.92 Å². The molecule has 2 fully saturated rings. The van der Waals surface area contributed by atoms with Crippen LogP contribution in [0.1, 0.15) is 67.7 Å². The van der Waals surface area contributed by atoms with Gasteiger partial charge in [0.25, 0.3) is 5.56 Å². The number of nitrogens with zero attached hydrogens (tertiary/aromatic N) is 6. The van der Waals surface area contributed by atoms with Crippen LogP contribution in [0.15, 0.2) is 17.2 Å². The molecular formula is C21H25N7O. The number of nitrogens with one attached hydrogen (secondary N) is 1. The molecule has 0 amide bonds. The highest BCUT2D eigenvalue weighted by Gasteiger charge is 2.45. The molecule has 3 aromatic heterocycles. The average Bonchev–Trinajstić information content (AvgIpc) is 3.39. The van der Waals surface area contributed by atoms with Crippen molar-refractivity contribution in [3.05, 3.63) is 45.5 Å². The maximum absolute atomic E-state index is 12.7. The number of aromatic nitrogens is 6.